The van der Waals surface area contributed by atoms with Gasteiger partial charge in [0.1, 0.15) is 5.60 Å². The van der Waals surface area contributed by atoms with E-state index in [0.29, 0.717) is 13.1 Å². The van der Waals surface area contributed by atoms with E-state index in [1.165, 1.54) is 27.8 Å². The van der Waals surface area contributed by atoms with E-state index in [2.05, 4.69) is 35.8 Å². The van der Waals surface area contributed by atoms with Gasteiger partial charge in [0.05, 0.1) is 0 Å². The van der Waals surface area contributed by atoms with Gasteiger partial charge >= 0.3 is 6.09 Å². The molecule has 0 N–H and O–H groups in total. The summed E-state index contributed by atoms with van der Waals surface area (Å²) in [5, 5.41) is 0.847. The van der Waals surface area contributed by atoms with Crippen LogP contribution in [0, 0.1) is 13.8 Å². The van der Waals surface area contributed by atoms with E-state index in [4.69, 9.17) is 4.74 Å². The highest BCUT2D eigenvalue weighted by Gasteiger charge is 2.30. The van der Waals surface area contributed by atoms with E-state index in [-0.39, 0.29) is 6.09 Å². The van der Waals surface area contributed by atoms with Crippen molar-refractivity contribution in [3.8, 4) is 0 Å². The molecule has 0 aromatic heterocycles. The van der Waals surface area contributed by atoms with Crippen molar-refractivity contribution in [1.82, 2.24) is 4.90 Å². The summed E-state index contributed by atoms with van der Waals surface area (Å²) in [6.07, 6.45) is -0.229. The lowest BCUT2D eigenvalue weighted by Crippen LogP contribution is -2.33. The molecule has 0 spiro atoms. The third-order valence-corrected chi connectivity index (χ3v) is 4.26. The zero-order chi connectivity index (χ0) is 15.1. The average Bonchev–Trinajstić information content (AvgIpc) is 2.77. The molecule has 0 bridgehead atoms. The third-order valence-electron chi connectivity index (χ3n) is 3.66. The zero-order valence-corrected chi connectivity index (χ0v) is 14.4. The average molecular weight is 340 g/mol. The molecule has 1 aliphatic rings. The van der Waals surface area contributed by atoms with Crippen molar-refractivity contribution in [3.05, 3.63) is 33.9 Å². The molecule has 1 aliphatic heterocycles. The fourth-order valence-electron chi connectivity index (χ4n) is 2.58. The molecule has 0 aliphatic carbocycles. The van der Waals surface area contributed by atoms with Crippen molar-refractivity contribution in [3.63, 3.8) is 0 Å². The van der Waals surface area contributed by atoms with Crippen LogP contribution in [-0.2, 0) is 23.2 Å². The van der Waals surface area contributed by atoms with Crippen LogP contribution in [0.15, 0.2) is 6.07 Å². The summed E-state index contributed by atoms with van der Waals surface area (Å²) in [5.41, 5.74) is 5.95. The minimum Gasteiger partial charge on any atom is -0.444 e. The Kier molecular flexibility index (Phi) is 4.14. The lowest BCUT2D eigenvalue weighted by molar-refractivity contribution is 0.0241. The number of amides is 1. The molecule has 0 saturated carbocycles. The number of aryl methyl sites for hydroxylation is 1. The highest BCUT2D eigenvalue weighted by atomic mass is 79.9. The standard InChI is InChI=1S/C16H22BrNO2/c1-10-6-12(7-17)11(2)14-9-18(8-13(10)14)15(19)20-16(3,4)5/h6H,7-9H2,1-5H3. The Hall–Kier alpha value is -1.03. The number of hydrogen-bond acceptors (Lipinski definition) is 2. The number of ether oxygens (including phenoxy) is 1. The molecule has 4 heteroatoms. The molecule has 20 heavy (non-hydrogen) atoms. The first-order valence-corrected chi connectivity index (χ1v) is 8.00. The number of fused-ring (bicyclic) bond motifs is 1. The first-order valence-electron chi connectivity index (χ1n) is 6.87. The number of benzene rings is 1. The SMILES string of the molecule is Cc1cc(CBr)c(C)c2c1CN(C(=O)OC(C)(C)C)C2. The van der Waals surface area contributed by atoms with E-state index < -0.39 is 5.60 Å². The maximum Gasteiger partial charge on any atom is 0.410 e. The molecule has 0 unspecified atom stereocenters. The monoisotopic (exact) mass is 339 g/mol. The van der Waals surface area contributed by atoms with Crippen LogP contribution in [0.5, 0.6) is 0 Å². The van der Waals surface area contributed by atoms with Gasteiger partial charge in [0.25, 0.3) is 0 Å². The molecular weight excluding hydrogens is 318 g/mol. The van der Waals surface area contributed by atoms with E-state index in [9.17, 15) is 4.79 Å². The van der Waals surface area contributed by atoms with Gasteiger partial charge in [0, 0.05) is 18.4 Å². The summed E-state index contributed by atoms with van der Waals surface area (Å²) in [6, 6.07) is 2.21. The molecular formula is C16H22BrNO2. The number of alkyl halides is 1. The molecule has 1 amide bonds. The smallest absolute Gasteiger partial charge is 0.410 e. The highest BCUT2D eigenvalue weighted by molar-refractivity contribution is 9.08. The van der Waals surface area contributed by atoms with Crippen molar-refractivity contribution < 1.29 is 9.53 Å². The molecule has 1 aromatic rings. The van der Waals surface area contributed by atoms with Crippen LogP contribution < -0.4 is 0 Å². The Morgan fingerprint density at radius 1 is 1.30 bits per heavy atom. The molecule has 0 radical (unpaired) electrons. The summed E-state index contributed by atoms with van der Waals surface area (Å²) in [6.45, 7) is 11.2. The Morgan fingerprint density at radius 2 is 1.90 bits per heavy atom. The number of rotatable bonds is 1. The van der Waals surface area contributed by atoms with Crippen molar-refractivity contribution in [1.29, 1.82) is 0 Å². The molecule has 110 valence electrons. The second-order valence-corrected chi connectivity index (χ2v) is 6.97. The first-order chi connectivity index (χ1) is 9.23. The van der Waals surface area contributed by atoms with Crippen LogP contribution in [0.25, 0.3) is 0 Å². The summed E-state index contributed by atoms with van der Waals surface area (Å²) in [7, 11) is 0. The predicted octanol–water partition coefficient (Wildman–Crippen LogP) is 4.45. The van der Waals surface area contributed by atoms with Gasteiger partial charge in [0.2, 0.25) is 0 Å². The maximum absolute atomic E-state index is 12.2. The Balaban J connectivity index is 2.25. The fraction of sp³-hybridized carbons (Fsp3) is 0.562. The van der Waals surface area contributed by atoms with E-state index in [0.717, 1.165) is 5.33 Å². The summed E-state index contributed by atoms with van der Waals surface area (Å²) >= 11 is 3.53. The van der Waals surface area contributed by atoms with Gasteiger partial charge in [-0.15, -0.1) is 0 Å². The van der Waals surface area contributed by atoms with Gasteiger partial charge < -0.3 is 4.74 Å². The van der Waals surface area contributed by atoms with Crippen LogP contribution >= 0.6 is 15.9 Å². The van der Waals surface area contributed by atoms with Crippen molar-refractivity contribution >= 4 is 22.0 Å². The fourth-order valence-corrected chi connectivity index (χ4v) is 3.16. The van der Waals surface area contributed by atoms with Gasteiger partial charge in [-0.05, 0) is 62.4 Å². The lowest BCUT2D eigenvalue weighted by Gasteiger charge is -2.24. The minimum atomic E-state index is -0.447. The third kappa shape index (κ3) is 3.00. The van der Waals surface area contributed by atoms with Gasteiger partial charge in [-0.2, -0.15) is 0 Å². The quantitative estimate of drug-likeness (QED) is 0.707. The lowest BCUT2D eigenvalue weighted by atomic mass is 9.95. The molecule has 0 atom stereocenters. The Bertz CT molecular complexity index is 546. The molecule has 1 aromatic carbocycles. The summed E-state index contributed by atoms with van der Waals surface area (Å²) in [5.74, 6) is 0. The summed E-state index contributed by atoms with van der Waals surface area (Å²) in [4.78, 5) is 14.0. The number of hydrogen-bond donors (Lipinski definition) is 0. The molecule has 0 saturated heterocycles. The Morgan fingerprint density at radius 3 is 2.45 bits per heavy atom. The first kappa shape index (κ1) is 15.4. The van der Waals surface area contributed by atoms with Crippen LogP contribution in [0.2, 0.25) is 0 Å². The molecule has 3 nitrogen and oxygen atoms in total. The zero-order valence-electron chi connectivity index (χ0n) is 12.8. The van der Waals surface area contributed by atoms with Gasteiger partial charge in [-0.3, -0.25) is 4.90 Å². The number of halogens is 1. The van der Waals surface area contributed by atoms with Gasteiger partial charge in [0.15, 0.2) is 0 Å². The van der Waals surface area contributed by atoms with Gasteiger partial charge in [-0.25, -0.2) is 4.79 Å². The largest absolute Gasteiger partial charge is 0.444 e. The van der Waals surface area contributed by atoms with Crippen molar-refractivity contribution in [2.24, 2.45) is 0 Å². The number of carbonyl (C=O) groups excluding carboxylic acids is 1. The maximum atomic E-state index is 12.2. The summed E-state index contributed by atoms with van der Waals surface area (Å²) < 4.78 is 5.47. The second kappa shape index (κ2) is 5.40. The minimum absolute atomic E-state index is 0.229. The molecule has 0 fully saturated rings. The molecule has 1 heterocycles. The topological polar surface area (TPSA) is 29.5 Å². The molecule has 2 rings (SSSR count). The van der Waals surface area contributed by atoms with Crippen LogP contribution in [0.3, 0.4) is 0 Å². The van der Waals surface area contributed by atoms with E-state index in [1.807, 2.05) is 20.8 Å². The van der Waals surface area contributed by atoms with Crippen LogP contribution in [0.1, 0.15) is 48.6 Å². The second-order valence-electron chi connectivity index (χ2n) is 6.40. The van der Waals surface area contributed by atoms with Crippen molar-refractivity contribution in [2.75, 3.05) is 0 Å². The number of carbonyl (C=O) groups is 1. The van der Waals surface area contributed by atoms with E-state index in [1.54, 1.807) is 4.90 Å². The normalized spacial score (nSPS) is 14.4. The van der Waals surface area contributed by atoms with Crippen molar-refractivity contribution in [2.45, 2.75) is 58.6 Å². The number of nitrogens with zero attached hydrogens (tertiary/aromatic N) is 1. The van der Waals surface area contributed by atoms with E-state index >= 15 is 0 Å². The predicted molar refractivity (Wildman–Crippen MR) is 84.0 cm³/mol. The van der Waals surface area contributed by atoms with Gasteiger partial charge in [-0.1, -0.05) is 22.0 Å². The van der Waals surface area contributed by atoms with Crippen LogP contribution in [-0.4, -0.2) is 16.6 Å². The highest BCUT2D eigenvalue weighted by Crippen LogP contribution is 2.32. The Labute approximate surface area is 129 Å². The van der Waals surface area contributed by atoms with Crippen LogP contribution in [0.4, 0.5) is 4.79 Å².